The van der Waals surface area contributed by atoms with Gasteiger partial charge in [0.25, 0.3) is 0 Å². The third kappa shape index (κ3) is 1.84. The van der Waals surface area contributed by atoms with Crippen LogP contribution in [0.4, 0.5) is 5.69 Å². The molecule has 0 atom stereocenters. The normalized spacial score (nSPS) is 10.3. The molecule has 0 amide bonds. The second-order valence-electron chi connectivity index (χ2n) is 3.69. The first-order chi connectivity index (χ1) is 7.18. The molecule has 0 saturated heterocycles. The molecule has 15 heavy (non-hydrogen) atoms. The van der Waals surface area contributed by atoms with E-state index in [0.29, 0.717) is 0 Å². The topological polar surface area (TPSA) is 38.9 Å². The van der Waals surface area contributed by atoms with Gasteiger partial charge in [-0.2, -0.15) is 0 Å². The number of hydrogen-bond acceptors (Lipinski definition) is 2. The maximum atomic E-state index is 5.77. The van der Waals surface area contributed by atoms with Crippen molar-refractivity contribution < 1.29 is 0 Å². The summed E-state index contributed by atoms with van der Waals surface area (Å²) >= 11 is 0. The Morgan fingerprint density at radius 2 is 1.93 bits per heavy atom. The van der Waals surface area contributed by atoms with E-state index in [2.05, 4.69) is 18.0 Å². The molecule has 2 aromatic rings. The Hall–Kier alpha value is -1.83. The Balaban J connectivity index is 2.59. The average molecular weight is 198 g/mol. The quantitative estimate of drug-likeness (QED) is 0.715. The molecule has 2 nitrogen and oxygen atoms in total. The van der Waals surface area contributed by atoms with Gasteiger partial charge in [0.2, 0.25) is 0 Å². The molecule has 0 unspecified atom stereocenters. The van der Waals surface area contributed by atoms with Crippen molar-refractivity contribution in [3.05, 3.63) is 47.8 Å². The highest BCUT2D eigenvalue weighted by Gasteiger charge is 2.04. The zero-order valence-electron chi connectivity index (χ0n) is 8.99. The molecule has 0 aliphatic heterocycles. The summed E-state index contributed by atoms with van der Waals surface area (Å²) in [6.07, 6.45) is 1.83. The number of nitrogens with two attached hydrogens (primary N) is 1. The number of anilines is 1. The van der Waals surface area contributed by atoms with Crippen molar-refractivity contribution in [2.75, 3.05) is 5.73 Å². The van der Waals surface area contributed by atoms with Crippen LogP contribution in [0.15, 0.2) is 36.5 Å². The minimum absolute atomic E-state index is 0.793. The maximum Gasteiger partial charge on any atom is 0.0407 e. The van der Waals surface area contributed by atoms with Gasteiger partial charge in [-0.25, -0.2) is 0 Å². The Bertz CT molecular complexity index is 490. The van der Waals surface area contributed by atoms with Gasteiger partial charge in [0, 0.05) is 17.6 Å². The molecule has 1 aromatic heterocycles. The van der Waals surface area contributed by atoms with Crippen LogP contribution in [0, 0.1) is 13.8 Å². The van der Waals surface area contributed by atoms with Crippen molar-refractivity contribution in [2.24, 2.45) is 0 Å². The summed E-state index contributed by atoms with van der Waals surface area (Å²) in [5.74, 6) is 0. The van der Waals surface area contributed by atoms with Crippen molar-refractivity contribution in [2.45, 2.75) is 13.8 Å². The summed E-state index contributed by atoms with van der Waals surface area (Å²) in [6, 6.07) is 9.95. The lowest BCUT2D eigenvalue weighted by Gasteiger charge is -2.08. The highest BCUT2D eigenvalue weighted by molar-refractivity contribution is 5.70. The van der Waals surface area contributed by atoms with Crippen molar-refractivity contribution in [3.8, 4) is 11.1 Å². The molecule has 0 aliphatic rings. The Kier molecular flexibility index (Phi) is 2.42. The molecular formula is C13H14N2. The molecule has 0 spiro atoms. The largest absolute Gasteiger partial charge is 0.399 e. The van der Waals surface area contributed by atoms with Gasteiger partial charge in [-0.1, -0.05) is 12.1 Å². The Morgan fingerprint density at radius 3 is 2.67 bits per heavy atom. The van der Waals surface area contributed by atoms with Gasteiger partial charge >= 0.3 is 0 Å². The van der Waals surface area contributed by atoms with E-state index in [-0.39, 0.29) is 0 Å². The van der Waals surface area contributed by atoms with Gasteiger partial charge in [-0.05, 0) is 48.7 Å². The van der Waals surface area contributed by atoms with Crippen LogP contribution in [0.1, 0.15) is 11.3 Å². The van der Waals surface area contributed by atoms with Crippen LogP contribution < -0.4 is 5.73 Å². The summed E-state index contributed by atoms with van der Waals surface area (Å²) in [5.41, 5.74) is 11.2. The van der Waals surface area contributed by atoms with E-state index in [1.807, 2.05) is 37.4 Å². The van der Waals surface area contributed by atoms with E-state index in [0.717, 1.165) is 16.9 Å². The summed E-state index contributed by atoms with van der Waals surface area (Å²) in [7, 11) is 0. The standard InChI is InChI=1S/C13H14N2/c1-9-10(2)15-7-6-13(9)11-4-3-5-12(14)8-11/h3-8H,14H2,1-2H3. The maximum absolute atomic E-state index is 5.77. The minimum Gasteiger partial charge on any atom is -0.399 e. The molecule has 2 N–H and O–H groups in total. The van der Waals surface area contributed by atoms with Gasteiger partial charge in [-0.3, -0.25) is 4.98 Å². The third-order valence-corrected chi connectivity index (χ3v) is 2.65. The smallest absolute Gasteiger partial charge is 0.0407 e. The predicted octanol–water partition coefficient (Wildman–Crippen LogP) is 2.95. The highest BCUT2D eigenvalue weighted by Crippen LogP contribution is 2.25. The molecule has 0 aliphatic carbocycles. The Labute approximate surface area is 89.8 Å². The van der Waals surface area contributed by atoms with Crippen LogP contribution in [-0.4, -0.2) is 4.98 Å². The van der Waals surface area contributed by atoms with Gasteiger partial charge in [0.05, 0.1) is 0 Å². The first-order valence-electron chi connectivity index (χ1n) is 4.96. The van der Waals surface area contributed by atoms with Gasteiger partial charge in [-0.15, -0.1) is 0 Å². The lowest BCUT2D eigenvalue weighted by Crippen LogP contribution is -1.91. The number of aromatic nitrogens is 1. The molecule has 0 radical (unpaired) electrons. The molecule has 0 bridgehead atoms. The molecule has 2 rings (SSSR count). The average Bonchev–Trinajstić information content (AvgIpc) is 2.22. The minimum atomic E-state index is 0.793. The van der Waals surface area contributed by atoms with Crippen LogP contribution in [0.3, 0.4) is 0 Å². The van der Waals surface area contributed by atoms with Crippen molar-refractivity contribution in [1.29, 1.82) is 0 Å². The van der Waals surface area contributed by atoms with Crippen LogP contribution in [0.2, 0.25) is 0 Å². The van der Waals surface area contributed by atoms with Crippen molar-refractivity contribution >= 4 is 5.69 Å². The fourth-order valence-electron chi connectivity index (χ4n) is 1.66. The van der Waals surface area contributed by atoms with Gasteiger partial charge in [0.1, 0.15) is 0 Å². The van der Waals surface area contributed by atoms with Crippen LogP contribution in [0.5, 0.6) is 0 Å². The second kappa shape index (κ2) is 3.73. The van der Waals surface area contributed by atoms with Crippen LogP contribution in [-0.2, 0) is 0 Å². The Morgan fingerprint density at radius 1 is 1.13 bits per heavy atom. The monoisotopic (exact) mass is 198 g/mol. The number of nitrogens with zero attached hydrogens (tertiary/aromatic N) is 1. The van der Waals surface area contributed by atoms with Crippen LogP contribution in [0.25, 0.3) is 11.1 Å². The number of aryl methyl sites for hydroxylation is 1. The third-order valence-electron chi connectivity index (χ3n) is 2.65. The summed E-state index contributed by atoms with van der Waals surface area (Å²) < 4.78 is 0. The number of hydrogen-bond donors (Lipinski definition) is 1. The summed E-state index contributed by atoms with van der Waals surface area (Å²) in [6.45, 7) is 4.10. The van der Waals surface area contributed by atoms with E-state index in [1.165, 1.54) is 11.1 Å². The van der Waals surface area contributed by atoms with E-state index < -0.39 is 0 Å². The molecule has 0 fully saturated rings. The van der Waals surface area contributed by atoms with Gasteiger partial charge in [0.15, 0.2) is 0 Å². The second-order valence-corrected chi connectivity index (χ2v) is 3.69. The lowest BCUT2D eigenvalue weighted by atomic mass is 10.0. The number of pyridine rings is 1. The molecule has 1 aromatic carbocycles. The number of nitrogen functional groups attached to an aromatic ring is 1. The zero-order valence-corrected chi connectivity index (χ0v) is 8.99. The molecule has 76 valence electrons. The fraction of sp³-hybridized carbons (Fsp3) is 0.154. The van der Waals surface area contributed by atoms with Crippen LogP contribution >= 0.6 is 0 Å². The first-order valence-corrected chi connectivity index (χ1v) is 4.96. The molecule has 0 saturated carbocycles. The number of rotatable bonds is 1. The summed E-state index contributed by atoms with van der Waals surface area (Å²) in [4.78, 5) is 4.26. The van der Waals surface area contributed by atoms with E-state index in [1.54, 1.807) is 0 Å². The van der Waals surface area contributed by atoms with Crippen molar-refractivity contribution in [1.82, 2.24) is 4.98 Å². The fourth-order valence-corrected chi connectivity index (χ4v) is 1.66. The van der Waals surface area contributed by atoms with E-state index in [4.69, 9.17) is 5.73 Å². The first kappa shape index (κ1) is 9.71. The molecular weight excluding hydrogens is 184 g/mol. The molecule has 2 heteroatoms. The SMILES string of the molecule is Cc1nccc(-c2cccc(N)c2)c1C. The summed E-state index contributed by atoms with van der Waals surface area (Å²) in [5, 5.41) is 0. The lowest BCUT2D eigenvalue weighted by molar-refractivity contribution is 1.15. The molecule has 1 heterocycles. The highest BCUT2D eigenvalue weighted by atomic mass is 14.7. The predicted molar refractivity (Wildman–Crippen MR) is 63.6 cm³/mol. The van der Waals surface area contributed by atoms with Gasteiger partial charge < -0.3 is 5.73 Å². The van der Waals surface area contributed by atoms with E-state index in [9.17, 15) is 0 Å². The van der Waals surface area contributed by atoms with Crippen molar-refractivity contribution in [3.63, 3.8) is 0 Å². The van der Waals surface area contributed by atoms with E-state index >= 15 is 0 Å². The number of benzene rings is 1. The zero-order chi connectivity index (χ0) is 10.8.